The van der Waals surface area contributed by atoms with E-state index in [4.69, 9.17) is 0 Å². The number of nitrogens with one attached hydrogen (secondary N) is 1. The highest BCUT2D eigenvalue weighted by atomic mass is 15.6. The number of piperidine rings is 1. The van der Waals surface area contributed by atoms with Gasteiger partial charge in [-0.1, -0.05) is 18.2 Å². The Balaban J connectivity index is 1.41. The molecule has 0 unspecified atom stereocenters. The predicted molar refractivity (Wildman–Crippen MR) is 88.6 cm³/mol. The van der Waals surface area contributed by atoms with E-state index in [9.17, 15) is 0 Å². The number of hydrogen-bond donors (Lipinski definition) is 1. The second-order valence-electron chi connectivity index (χ2n) is 5.94. The van der Waals surface area contributed by atoms with E-state index < -0.39 is 0 Å². The van der Waals surface area contributed by atoms with E-state index in [0.29, 0.717) is 11.7 Å². The Morgan fingerprint density at radius 2 is 1.91 bits per heavy atom. The molecule has 1 N–H and O–H groups in total. The molecular formula is C16H19N7. The number of nitrogens with zero attached hydrogens (tertiary/aromatic N) is 6. The predicted octanol–water partition coefficient (Wildman–Crippen LogP) is 1.91. The molecule has 7 nitrogen and oxygen atoms in total. The number of rotatable bonds is 3. The fourth-order valence-electron chi connectivity index (χ4n) is 3.02. The molecule has 3 aromatic rings. The van der Waals surface area contributed by atoms with Crippen molar-refractivity contribution in [3.63, 3.8) is 0 Å². The van der Waals surface area contributed by atoms with Crippen molar-refractivity contribution < 1.29 is 0 Å². The summed E-state index contributed by atoms with van der Waals surface area (Å²) in [4.78, 5) is 2.29. The summed E-state index contributed by atoms with van der Waals surface area (Å²) in [5, 5.41) is 19.5. The second-order valence-corrected chi connectivity index (χ2v) is 5.94. The number of anilines is 2. The van der Waals surface area contributed by atoms with E-state index in [2.05, 4.69) is 62.0 Å². The molecule has 3 heterocycles. The van der Waals surface area contributed by atoms with Crippen molar-refractivity contribution in [2.24, 2.45) is 0 Å². The van der Waals surface area contributed by atoms with Crippen molar-refractivity contribution >= 4 is 17.2 Å². The summed E-state index contributed by atoms with van der Waals surface area (Å²) in [6.07, 6.45) is 2.17. The van der Waals surface area contributed by atoms with E-state index in [1.807, 2.05) is 12.1 Å². The van der Waals surface area contributed by atoms with Gasteiger partial charge in [0.25, 0.3) is 0 Å². The van der Waals surface area contributed by atoms with Crippen LogP contribution in [0.25, 0.3) is 5.65 Å². The van der Waals surface area contributed by atoms with Gasteiger partial charge in [0.1, 0.15) is 0 Å². The molecule has 1 aliphatic heterocycles. The summed E-state index contributed by atoms with van der Waals surface area (Å²) in [7, 11) is 0. The van der Waals surface area contributed by atoms with Crippen LogP contribution in [0.1, 0.15) is 18.4 Å². The van der Waals surface area contributed by atoms with Crippen LogP contribution in [0.3, 0.4) is 0 Å². The summed E-state index contributed by atoms with van der Waals surface area (Å²) >= 11 is 0. The fourth-order valence-corrected chi connectivity index (χ4v) is 3.02. The zero-order valence-corrected chi connectivity index (χ0v) is 13.1. The number of aromatic nitrogens is 5. The topological polar surface area (TPSA) is 71.2 Å². The van der Waals surface area contributed by atoms with Crippen LogP contribution in [-0.4, -0.2) is 44.4 Å². The van der Waals surface area contributed by atoms with E-state index in [1.165, 1.54) is 15.9 Å². The van der Waals surface area contributed by atoms with Crippen molar-refractivity contribution in [3.8, 4) is 0 Å². The quantitative estimate of drug-likeness (QED) is 0.797. The molecule has 7 heteroatoms. The van der Waals surface area contributed by atoms with Crippen LogP contribution < -0.4 is 10.2 Å². The first-order valence-electron chi connectivity index (χ1n) is 7.92. The molecule has 1 saturated heterocycles. The lowest BCUT2D eigenvalue weighted by Crippen LogP contribution is -2.39. The largest absolute Gasteiger partial charge is 0.382 e. The van der Waals surface area contributed by atoms with Crippen molar-refractivity contribution in [3.05, 3.63) is 42.0 Å². The minimum absolute atomic E-state index is 0.504. The van der Waals surface area contributed by atoms with E-state index in [0.717, 1.165) is 31.7 Å². The zero-order chi connectivity index (χ0) is 15.6. The molecule has 0 radical (unpaired) electrons. The Kier molecular flexibility index (Phi) is 3.53. The van der Waals surface area contributed by atoms with Gasteiger partial charge in [0.05, 0.1) is 0 Å². The molecule has 0 amide bonds. The molecule has 0 aliphatic carbocycles. The molecule has 1 aliphatic rings. The SMILES string of the molecule is Cc1ccccc1NC1CCN(c2ccc3nnnn3n2)CC1. The number of fused-ring (bicyclic) bond motifs is 1. The van der Waals surface area contributed by atoms with Crippen LogP contribution in [0.4, 0.5) is 11.5 Å². The monoisotopic (exact) mass is 309 g/mol. The Labute approximate surface area is 134 Å². The highest BCUT2D eigenvalue weighted by Gasteiger charge is 2.21. The Morgan fingerprint density at radius 3 is 2.74 bits per heavy atom. The van der Waals surface area contributed by atoms with Crippen LogP contribution in [0.2, 0.25) is 0 Å². The van der Waals surface area contributed by atoms with Crippen LogP contribution in [0, 0.1) is 6.92 Å². The summed E-state index contributed by atoms with van der Waals surface area (Å²) in [5.41, 5.74) is 3.20. The Morgan fingerprint density at radius 1 is 1.09 bits per heavy atom. The number of para-hydroxylation sites is 1. The molecule has 1 fully saturated rings. The standard InChI is InChI=1S/C16H19N7/c1-12-4-2-3-5-14(12)17-13-8-10-22(11-9-13)16-7-6-15-18-20-21-23(15)19-16/h2-7,13,17H,8-11H2,1H3. The van der Waals surface area contributed by atoms with E-state index in [1.54, 1.807) is 0 Å². The molecule has 4 rings (SSSR count). The summed E-state index contributed by atoms with van der Waals surface area (Å²) < 4.78 is 1.48. The highest BCUT2D eigenvalue weighted by molar-refractivity contribution is 5.51. The van der Waals surface area contributed by atoms with Crippen LogP contribution in [0.15, 0.2) is 36.4 Å². The third-order valence-corrected chi connectivity index (χ3v) is 4.38. The first-order chi connectivity index (χ1) is 11.3. The number of tetrazole rings is 1. The van der Waals surface area contributed by atoms with Gasteiger partial charge in [0.2, 0.25) is 0 Å². The number of aryl methyl sites for hydroxylation is 1. The molecule has 118 valence electrons. The first kappa shape index (κ1) is 13.9. The lowest BCUT2D eigenvalue weighted by molar-refractivity contribution is 0.520. The molecule has 0 saturated carbocycles. The van der Waals surface area contributed by atoms with Gasteiger partial charge in [-0.05, 0) is 54.0 Å². The van der Waals surface area contributed by atoms with Gasteiger partial charge < -0.3 is 10.2 Å². The average Bonchev–Trinajstić information content (AvgIpc) is 3.05. The molecule has 0 spiro atoms. The maximum absolute atomic E-state index is 4.47. The normalized spacial score (nSPS) is 16.0. The Hall–Kier alpha value is -2.70. The molecular weight excluding hydrogens is 290 g/mol. The minimum Gasteiger partial charge on any atom is -0.382 e. The van der Waals surface area contributed by atoms with Gasteiger partial charge >= 0.3 is 0 Å². The van der Waals surface area contributed by atoms with Crippen molar-refractivity contribution in [2.45, 2.75) is 25.8 Å². The highest BCUT2D eigenvalue weighted by Crippen LogP contribution is 2.22. The molecule has 1 aromatic carbocycles. The van der Waals surface area contributed by atoms with Gasteiger partial charge in [-0.2, -0.15) is 0 Å². The van der Waals surface area contributed by atoms with Crippen LogP contribution in [0.5, 0.6) is 0 Å². The lowest BCUT2D eigenvalue weighted by atomic mass is 10.0. The van der Waals surface area contributed by atoms with Crippen molar-refractivity contribution in [1.29, 1.82) is 0 Å². The van der Waals surface area contributed by atoms with E-state index in [-0.39, 0.29) is 0 Å². The summed E-state index contributed by atoms with van der Waals surface area (Å²) in [5.74, 6) is 0.930. The van der Waals surface area contributed by atoms with Gasteiger partial charge in [-0.25, -0.2) is 0 Å². The van der Waals surface area contributed by atoms with Crippen molar-refractivity contribution in [1.82, 2.24) is 25.3 Å². The second kappa shape index (κ2) is 5.83. The molecule has 23 heavy (non-hydrogen) atoms. The number of hydrogen-bond acceptors (Lipinski definition) is 6. The summed E-state index contributed by atoms with van der Waals surface area (Å²) in [6.45, 7) is 4.09. The Bertz CT molecular complexity index is 805. The first-order valence-corrected chi connectivity index (χ1v) is 7.92. The maximum atomic E-state index is 4.47. The summed E-state index contributed by atoms with van der Waals surface area (Å²) in [6, 6.07) is 12.8. The van der Waals surface area contributed by atoms with Crippen LogP contribution >= 0.6 is 0 Å². The maximum Gasteiger partial charge on any atom is 0.200 e. The lowest BCUT2D eigenvalue weighted by Gasteiger charge is -2.33. The fraction of sp³-hybridized carbons (Fsp3) is 0.375. The average molecular weight is 309 g/mol. The molecule has 0 bridgehead atoms. The van der Waals surface area contributed by atoms with E-state index >= 15 is 0 Å². The number of benzene rings is 1. The van der Waals surface area contributed by atoms with Gasteiger partial charge in [0, 0.05) is 24.8 Å². The van der Waals surface area contributed by atoms with Gasteiger partial charge in [-0.15, -0.1) is 14.8 Å². The minimum atomic E-state index is 0.504. The zero-order valence-electron chi connectivity index (χ0n) is 13.1. The smallest absolute Gasteiger partial charge is 0.200 e. The van der Waals surface area contributed by atoms with Gasteiger partial charge in [0.15, 0.2) is 11.5 Å². The third-order valence-electron chi connectivity index (χ3n) is 4.38. The molecule has 2 aromatic heterocycles. The third kappa shape index (κ3) is 2.81. The van der Waals surface area contributed by atoms with Gasteiger partial charge in [-0.3, -0.25) is 0 Å². The molecule has 0 atom stereocenters. The van der Waals surface area contributed by atoms with Crippen molar-refractivity contribution in [2.75, 3.05) is 23.3 Å². The van der Waals surface area contributed by atoms with Crippen LogP contribution in [-0.2, 0) is 0 Å².